The first-order valence-electron chi connectivity index (χ1n) is 8.85. The van der Waals surface area contributed by atoms with Crippen LogP contribution in [0.4, 0.5) is 5.69 Å². The summed E-state index contributed by atoms with van der Waals surface area (Å²) in [6.45, 7) is 5.69. The number of carbonyl (C=O) groups is 2. The van der Waals surface area contributed by atoms with E-state index in [1.807, 2.05) is 39.0 Å². The van der Waals surface area contributed by atoms with Crippen molar-refractivity contribution < 1.29 is 9.59 Å². The summed E-state index contributed by atoms with van der Waals surface area (Å²) in [6, 6.07) is 5.56. The van der Waals surface area contributed by atoms with Crippen LogP contribution < -0.4 is 11.1 Å². The van der Waals surface area contributed by atoms with E-state index in [1.54, 1.807) is 16.7 Å². The maximum Gasteiger partial charge on any atom is 0.244 e. The van der Waals surface area contributed by atoms with Crippen LogP contribution in [0.2, 0.25) is 0 Å². The van der Waals surface area contributed by atoms with Gasteiger partial charge in [-0.25, -0.2) is 0 Å². The molecule has 0 aromatic heterocycles. The molecule has 1 fully saturated rings. The minimum atomic E-state index is -0.474. The van der Waals surface area contributed by atoms with Crippen LogP contribution in [0.25, 0.3) is 0 Å². The van der Waals surface area contributed by atoms with Crippen molar-refractivity contribution in [2.24, 2.45) is 5.41 Å². The first-order valence-corrected chi connectivity index (χ1v) is 10.0. The molecule has 1 heterocycles. The molecule has 3 N–H and O–H groups in total. The summed E-state index contributed by atoms with van der Waals surface area (Å²) in [4.78, 5) is 27.2. The molecule has 2 aliphatic rings. The standard InChI is InChI=1S/C19H27N3O2S.ClH/c1-19(2,3)18(24)22-11-25-10-16(22)17(23)21-15-6-4-5-12-9-13(20)7-8-14(12)15;/h7-9,15-16H,4-6,10-11,20H2,1-3H3,(H,21,23);1H. The summed E-state index contributed by atoms with van der Waals surface area (Å²) in [7, 11) is 0. The van der Waals surface area contributed by atoms with Gasteiger partial charge in [0.15, 0.2) is 0 Å². The number of fused-ring (bicyclic) bond motifs is 1. The van der Waals surface area contributed by atoms with E-state index in [0.717, 1.165) is 30.5 Å². The summed E-state index contributed by atoms with van der Waals surface area (Å²) in [5, 5.41) is 3.19. The predicted octanol–water partition coefficient (Wildman–Crippen LogP) is 3.13. The minimum Gasteiger partial charge on any atom is -0.399 e. The molecule has 0 spiro atoms. The van der Waals surface area contributed by atoms with Crippen LogP contribution in [0.5, 0.6) is 0 Å². The smallest absolute Gasteiger partial charge is 0.244 e. The van der Waals surface area contributed by atoms with Gasteiger partial charge in [-0.15, -0.1) is 24.2 Å². The van der Waals surface area contributed by atoms with E-state index in [1.165, 1.54) is 5.56 Å². The number of nitrogen functional groups attached to an aromatic ring is 1. The second kappa shape index (κ2) is 8.09. The Morgan fingerprint density at radius 2 is 2.04 bits per heavy atom. The number of nitrogens with one attached hydrogen (secondary N) is 1. The number of amides is 2. The zero-order valence-electron chi connectivity index (χ0n) is 15.6. The Kier molecular flexibility index (Phi) is 6.51. The van der Waals surface area contributed by atoms with Gasteiger partial charge in [0.1, 0.15) is 6.04 Å². The third-order valence-corrected chi connectivity index (χ3v) is 5.90. The number of anilines is 1. The maximum absolute atomic E-state index is 12.9. The van der Waals surface area contributed by atoms with Crippen molar-refractivity contribution in [3.05, 3.63) is 29.3 Å². The quantitative estimate of drug-likeness (QED) is 0.752. The molecule has 2 atom stereocenters. The Balaban J connectivity index is 0.00000243. The van der Waals surface area contributed by atoms with Crippen molar-refractivity contribution >= 4 is 41.7 Å². The average molecular weight is 398 g/mol. The number of hydrogen-bond donors (Lipinski definition) is 2. The molecule has 2 amide bonds. The molecular formula is C19H28ClN3O2S. The third-order valence-electron chi connectivity index (χ3n) is 4.89. The first kappa shape index (κ1) is 20.9. The molecule has 0 bridgehead atoms. The van der Waals surface area contributed by atoms with E-state index in [4.69, 9.17) is 5.73 Å². The molecule has 1 saturated heterocycles. The summed E-state index contributed by atoms with van der Waals surface area (Å²) in [6.07, 6.45) is 2.96. The molecule has 144 valence electrons. The van der Waals surface area contributed by atoms with Gasteiger partial charge in [-0.1, -0.05) is 26.8 Å². The zero-order valence-corrected chi connectivity index (χ0v) is 17.2. The molecule has 7 heteroatoms. The summed E-state index contributed by atoms with van der Waals surface area (Å²) in [5.74, 6) is 1.24. The van der Waals surface area contributed by atoms with Gasteiger partial charge < -0.3 is 16.0 Å². The molecule has 26 heavy (non-hydrogen) atoms. The highest BCUT2D eigenvalue weighted by atomic mass is 35.5. The molecule has 2 unspecified atom stereocenters. The van der Waals surface area contributed by atoms with Crippen molar-refractivity contribution in [2.75, 3.05) is 17.4 Å². The highest BCUT2D eigenvalue weighted by Crippen LogP contribution is 2.32. The van der Waals surface area contributed by atoms with Gasteiger partial charge in [-0.2, -0.15) is 0 Å². The molecule has 0 radical (unpaired) electrons. The molecule has 1 aromatic carbocycles. The molecule has 0 saturated carbocycles. The number of benzene rings is 1. The fourth-order valence-electron chi connectivity index (χ4n) is 3.54. The SMILES string of the molecule is CC(C)(C)C(=O)N1CSCC1C(=O)NC1CCCc2cc(N)ccc21.Cl. The Bertz CT molecular complexity index is 690. The second-order valence-electron chi connectivity index (χ2n) is 7.95. The second-order valence-corrected chi connectivity index (χ2v) is 8.95. The van der Waals surface area contributed by atoms with Crippen LogP contribution in [0, 0.1) is 5.41 Å². The van der Waals surface area contributed by atoms with Crippen LogP contribution in [-0.4, -0.2) is 34.4 Å². The Hall–Kier alpha value is -1.40. The van der Waals surface area contributed by atoms with E-state index >= 15 is 0 Å². The monoisotopic (exact) mass is 397 g/mol. The maximum atomic E-state index is 12.9. The van der Waals surface area contributed by atoms with Crippen molar-refractivity contribution in [1.82, 2.24) is 10.2 Å². The molecule has 1 aliphatic heterocycles. The number of aryl methyl sites for hydroxylation is 1. The molecule has 1 aromatic rings. The summed E-state index contributed by atoms with van der Waals surface area (Å²) in [5.41, 5.74) is 8.56. The van der Waals surface area contributed by atoms with Gasteiger partial charge in [0.2, 0.25) is 11.8 Å². The van der Waals surface area contributed by atoms with Gasteiger partial charge >= 0.3 is 0 Å². The topological polar surface area (TPSA) is 75.4 Å². The predicted molar refractivity (Wildman–Crippen MR) is 109 cm³/mol. The summed E-state index contributed by atoms with van der Waals surface area (Å²) < 4.78 is 0. The Labute approximate surface area is 165 Å². The number of rotatable bonds is 2. The van der Waals surface area contributed by atoms with Crippen LogP contribution >= 0.6 is 24.2 Å². The number of halogens is 1. The molecule has 5 nitrogen and oxygen atoms in total. The van der Waals surface area contributed by atoms with Crippen LogP contribution in [-0.2, 0) is 16.0 Å². The third kappa shape index (κ3) is 4.29. The Morgan fingerprint density at radius 1 is 1.31 bits per heavy atom. The zero-order chi connectivity index (χ0) is 18.2. The van der Waals surface area contributed by atoms with E-state index in [9.17, 15) is 9.59 Å². The lowest BCUT2D eigenvalue weighted by atomic mass is 9.87. The number of carbonyl (C=O) groups excluding carboxylic acids is 2. The van der Waals surface area contributed by atoms with Crippen molar-refractivity contribution in [2.45, 2.75) is 52.1 Å². The highest BCUT2D eigenvalue weighted by Gasteiger charge is 2.39. The van der Waals surface area contributed by atoms with Gasteiger partial charge in [-0.3, -0.25) is 9.59 Å². The fraction of sp³-hybridized carbons (Fsp3) is 0.579. The van der Waals surface area contributed by atoms with Crippen molar-refractivity contribution in [3.63, 3.8) is 0 Å². The van der Waals surface area contributed by atoms with Crippen molar-refractivity contribution in [3.8, 4) is 0 Å². The van der Waals surface area contributed by atoms with Gasteiger partial charge in [-0.05, 0) is 42.5 Å². The number of nitrogens with two attached hydrogens (primary N) is 1. The fourth-order valence-corrected chi connectivity index (χ4v) is 4.70. The number of hydrogen-bond acceptors (Lipinski definition) is 4. The number of thioether (sulfide) groups is 1. The lowest BCUT2D eigenvalue weighted by Gasteiger charge is -2.32. The van der Waals surface area contributed by atoms with E-state index in [2.05, 4.69) is 5.32 Å². The molecule has 3 rings (SSSR count). The molecule has 1 aliphatic carbocycles. The van der Waals surface area contributed by atoms with Crippen molar-refractivity contribution in [1.29, 1.82) is 0 Å². The van der Waals surface area contributed by atoms with E-state index in [-0.39, 0.29) is 36.3 Å². The van der Waals surface area contributed by atoms with E-state index < -0.39 is 5.41 Å². The lowest BCUT2D eigenvalue weighted by Crippen LogP contribution is -2.51. The van der Waals surface area contributed by atoms with Crippen LogP contribution in [0.15, 0.2) is 18.2 Å². The first-order chi connectivity index (χ1) is 11.8. The summed E-state index contributed by atoms with van der Waals surface area (Å²) >= 11 is 1.64. The van der Waals surface area contributed by atoms with Gasteiger partial charge in [0.05, 0.1) is 11.9 Å². The highest BCUT2D eigenvalue weighted by molar-refractivity contribution is 7.99. The minimum absolute atomic E-state index is 0. The van der Waals surface area contributed by atoms with Gasteiger partial charge in [0, 0.05) is 16.9 Å². The largest absolute Gasteiger partial charge is 0.399 e. The normalized spacial score (nSPS) is 22.3. The lowest BCUT2D eigenvalue weighted by molar-refractivity contribution is -0.144. The van der Waals surface area contributed by atoms with Gasteiger partial charge in [0.25, 0.3) is 0 Å². The number of nitrogens with zero attached hydrogens (tertiary/aromatic N) is 1. The van der Waals surface area contributed by atoms with Crippen LogP contribution in [0.1, 0.15) is 50.8 Å². The Morgan fingerprint density at radius 3 is 2.73 bits per heavy atom. The van der Waals surface area contributed by atoms with E-state index in [0.29, 0.717) is 11.6 Å². The van der Waals surface area contributed by atoms with Crippen LogP contribution in [0.3, 0.4) is 0 Å². The average Bonchev–Trinajstić information content (AvgIpc) is 3.02. The molecular weight excluding hydrogens is 370 g/mol.